The van der Waals surface area contributed by atoms with Crippen molar-refractivity contribution >= 4 is 21.8 Å². The molecule has 3 rings (SSSR count). The van der Waals surface area contributed by atoms with Crippen molar-refractivity contribution in [3.05, 3.63) is 34.3 Å². The lowest BCUT2D eigenvalue weighted by Gasteiger charge is -2.29. The Balaban J connectivity index is 1.79. The fourth-order valence-corrected chi connectivity index (χ4v) is 3.80. The van der Waals surface area contributed by atoms with Crippen molar-refractivity contribution in [3.8, 4) is 0 Å². The Morgan fingerprint density at radius 1 is 1.43 bits per heavy atom. The van der Waals surface area contributed by atoms with Crippen LogP contribution < -0.4 is 5.32 Å². The summed E-state index contributed by atoms with van der Waals surface area (Å²) in [7, 11) is 1.90. The number of hydrogen-bond acceptors (Lipinski definition) is 3. The van der Waals surface area contributed by atoms with Crippen molar-refractivity contribution in [2.75, 3.05) is 26.8 Å². The fourth-order valence-electron chi connectivity index (χ4n) is 3.39. The number of likely N-dealkylation sites (N-methyl/N-ethyl adjacent to an activating group) is 1. The van der Waals surface area contributed by atoms with Gasteiger partial charge in [0.2, 0.25) is 5.91 Å². The molecule has 0 aliphatic carbocycles. The van der Waals surface area contributed by atoms with Gasteiger partial charge in [0, 0.05) is 17.1 Å². The molecule has 2 heterocycles. The van der Waals surface area contributed by atoms with Gasteiger partial charge in [0.05, 0.1) is 25.2 Å². The molecule has 0 radical (unpaired) electrons. The van der Waals surface area contributed by atoms with Crippen LogP contribution in [0.3, 0.4) is 0 Å². The number of halogens is 1. The highest BCUT2D eigenvalue weighted by molar-refractivity contribution is 9.10. The van der Waals surface area contributed by atoms with E-state index in [2.05, 4.69) is 33.4 Å². The van der Waals surface area contributed by atoms with E-state index in [1.165, 1.54) is 5.56 Å². The van der Waals surface area contributed by atoms with Crippen LogP contribution in [0, 0.1) is 5.92 Å². The summed E-state index contributed by atoms with van der Waals surface area (Å²) < 4.78 is 6.55. The van der Waals surface area contributed by atoms with E-state index in [0.717, 1.165) is 23.9 Å². The van der Waals surface area contributed by atoms with Crippen LogP contribution >= 0.6 is 15.9 Å². The minimum absolute atomic E-state index is 0.0530. The van der Waals surface area contributed by atoms with E-state index in [-0.39, 0.29) is 23.9 Å². The molecule has 21 heavy (non-hydrogen) atoms. The number of hydrogen-bond donors (Lipinski definition) is 1. The van der Waals surface area contributed by atoms with Gasteiger partial charge in [-0.3, -0.25) is 4.79 Å². The lowest BCUT2D eigenvalue weighted by atomic mass is 9.99. The summed E-state index contributed by atoms with van der Waals surface area (Å²) in [6.07, 6.45) is 2.11. The van der Waals surface area contributed by atoms with Crippen molar-refractivity contribution in [1.29, 1.82) is 0 Å². The van der Waals surface area contributed by atoms with Gasteiger partial charge in [-0.05, 0) is 37.6 Å². The van der Waals surface area contributed by atoms with Crippen molar-refractivity contribution < 1.29 is 9.53 Å². The van der Waals surface area contributed by atoms with E-state index >= 15 is 0 Å². The molecule has 0 bridgehead atoms. The smallest absolute Gasteiger partial charge is 0.230 e. The second-order valence-corrected chi connectivity index (χ2v) is 6.70. The van der Waals surface area contributed by atoms with Gasteiger partial charge in [-0.25, -0.2) is 0 Å². The monoisotopic (exact) mass is 352 g/mol. The number of nitrogens with zero attached hydrogens (tertiary/aromatic N) is 1. The van der Waals surface area contributed by atoms with Crippen molar-refractivity contribution in [2.45, 2.75) is 24.9 Å². The largest absolute Gasteiger partial charge is 0.379 e. The number of carbonyl (C=O) groups excluding carboxylic acids is 1. The minimum atomic E-state index is -0.0530. The Labute approximate surface area is 134 Å². The third-order valence-corrected chi connectivity index (χ3v) is 5.03. The maximum Gasteiger partial charge on any atom is 0.230 e. The minimum Gasteiger partial charge on any atom is -0.379 e. The number of ether oxygens (including phenoxy) is 1. The number of rotatable bonds is 3. The van der Waals surface area contributed by atoms with Gasteiger partial charge >= 0.3 is 0 Å². The molecule has 3 unspecified atom stereocenters. The first-order chi connectivity index (χ1) is 10.2. The Kier molecular flexibility index (Phi) is 4.62. The van der Waals surface area contributed by atoms with Crippen molar-refractivity contribution in [2.24, 2.45) is 5.92 Å². The molecule has 0 saturated carbocycles. The SMILES string of the molecule is CNC1COCC1C(=O)N1CCCC1c1cccc(Br)c1. The van der Waals surface area contributed by atoms with Crippen molar-refractivity contribution in [3.63, 3.8) is 0 Å². The molecule has 0 aromatic heterocycles. The molecule has 5 heteroatoms. The zero-order chi connectivity index (χ0) is 14.8. The molecule has 1 N–H and O–H groups in total. The van der Waals surface area contributed by atoms with Gasteiger partial charge in [-0.15, -0.1) is 0 Å². The van der Waals surface area contributed by atoms with Crippen LogP contribution in [0.1, 0.15) is 24.4 Å². The molecular formula is C16H21BrN2O2. The number of carbonyl (C=O) groups is 1. The molecule has 1 aromatic carbocycles. The first kappa shape index (κ1) is 15.0. The molecule has 2 aliphatic heterocycles. The molecule has 4 nitrogen and oxygen atoms in total. The number of likely N-dealkylation sites (tertiary alicyclic amines) is 1. The van der Waals surface area contributed by atoms with Crippen LogP contribution in [-0.2, 0) is 9.53 Å². The highest BCUT2D eigenvalue weighted by Gasteiger charge is 2.39. The van der Waals surface area contributed by atoms with Crippen LogP contribution in [0.15, 0.2) is 28.7 Å². The summed E-state index contributed by atoms with van der Waals surface area (Å²) in [5.41, 5.74) is 1.22. The third kappa shape index (κ3) is 3.00. The summed E-state index contributed by atoms with van der Waals surface area (Å²) in [5.74, 6) is 0.178. The number of amides is 1. The van der Waals surface area contributed by atoms with Crippen LogP contribution in [0.4, 0.5) is 0 Å². The molecule has 0 spiro atoms. The van der Waals surface area contributed by atoms with Gasteiger partial charge in [0.25, 0.3) is 0 Å². The zero-order valence-electron chi connectivity index (χ0n) is 12.2. The molecule has 2 fully saturated rings. The lowest BCUT2D eigenvalue weighted by Crippen LogP contribution is -2.44. The summed E-state index contributed by atoms with van der Waals surface area (Å²) >= 11 is 3.52. The van der Waals surface area contributed by atoms with Gasteiger partial charge in [-0.1, -0.05) is 28.1 Å². The van der Waals surface area contributed by atoms with Gasteiger partial charge in [0.1, 0.15) is 0 Å². The fraction of sp³-hybridized carbons (Fsp3) is 0.562. The van der Waals surface area contributed by atoms with Crippen molar-refractivity contribution in [1.82, 2.24) is 10.2 Å². The van der Waals surface area contributed by atoms with E-state index in [4.69, 9.17) is 4.74 Å². The topological polar surface area (TPSA) is 41.6 Å². The van der Waals surface area contributed by atoms with Crippen LogP contribution in [-0.4, -0.2) is 43.7 Å². The Morgan fingerprint density at radius 2 is 2.29 bits per heavy atom. The van der Waals surface area contributed by atoms with Crippen LogP contribution in [0.25, 0.3) is 0 Å². The number of benzene rings is 1. The quantitative estimate of drug-likeness (QED) is 0.907. The van der Waals surface area contributed by atoms with E-state index in [0.29, 0.717) is 13.2 Å². The first-order valence-electron chi connectivity index (χ1n) is 7.51. The normalized spacial score (nSPS) is 29.0. The predicted octanol–water partition coefficient (Wildman–Crippen LogP) is 2.35. The Morgan fingerprint density at radius 3 is 3.05 bits per heavy atom. The predicted molar refractivity (Wildman–Crippen MR) is 85.0 cm³/mol. The highest BCUT2D eigenvalue weighted by atomic mass is 79.9. The summed E-state index contributed by atoms with van der Waals surface area (Å²) in [6, 6.07) is 8.63. The van der Waals surface area contributed by atoms with E-state index in [1.54, 1.807) is 0 Å². The second kappa shape index (κ2) is 6.46. The second-order valence-electron chi connectivity index (χ2n) is 5.78. The summed E-state index contributed by atoms with van der Waals surface area (Å²) in [6.45, 7) is 2.01. The summed E-state index contributed by atoms with van der Waals surface area (Å²) in [5, 5.41) is 3.20. The third-order valence-electron chi connectivity index (χ3n) is 4.54. The van der Waals surface area contributed by atoms with Gasteiger partial charge in [0.15, 0.2) is 0 Å². The Bertz CT molecular complexity index is 523. The average Bonchev–Trinajstić information content (AvgIpc) is 3.15. The molecule has 1 amide bonds. The lowest BCUT2D eigenvalue weighted by molar-refractivity contribution is -0.137. The standard InChI is InChI=1S/C16H21BrN2O2/c1-18-14-10-21-9-13(14)16(20)19-7-3-6-15(19)11-4-2-5-12(17)8-11/h2,4-5,8,13-15,18H,3,6-7,9-10H2,1H3. The van der Waals surface area contributed by atoms with Gasteiger partial charge in [-0.2, -0.15) is 0 Å². The van der Waals surface area contributed by atoms with Crippen LogP contribution in [0.2, 0.25) is 0 Å². The maximum atomic E-state index is 12.9. The van der Waals surface area contributed by atoms with E-state index < -0.39 is 0 Å². The molecule has 3 atom stereocenters. The van der Waals surface area contributed by atoms with E-state index in [1.807, 2.05) is 24.1 Å². The molecular weight excluding hydrogens is 332 g/mol. The Hall–Kier alpha value is -0.910. The van der Waals surface area contributed by atoms with Crippen LogP contribution in [0.5, 0.6) is 0 Å². The first-order valence-corrected chi connectivity index (χ1v) is 8.31. The molecule has 114 valence electrons. The summed E-state index contributed by atoms with van der Waals surface area (Å²) in [4.78, 5) is 14.9. The van der Waals surface area contributed by atoms with Gasteiger partial charge < -0.3 is 15.0 Å². The maximum absolute atomic E-state index is 12.9. The molecule has 2 saturated heterocycles. The zero-order valence-corrected chi connectivity index (χ0v) is 13.8. The average molecular weight is 353 g/mol. The highest BCUT2D eigenvalue weighted by Crippen LogP contribution is 2.35. The van der Waals surface area contributed by atoms with E-state index in [9.17, 15) is 4.79 Å². The number of nitrogens with one attached hydrogen (secondary N) is 1. The molecule has 1 aromatic rings. The molecule has 2 aliphatic rings.